The number of hydrogen-bond acceptors (Lipinski definition) is 2. The summed E-state index contributed by atoms with van der Waals surface area (Å²) in [5, 5.41) is 12.7. The monoisotopic (exact) mass is 277 g/mol. The van der Waals surface area contributed by atoms with Crippen molar-refractivity contribution in [2.24, 2.45) is 5.92 Å². The highest BCUT2D eigenvalue weighted by Gasteiger charge is 2.17. The van der Waals surface area contributed by atoms with Crippen molar-refractivity contribution < 1.29 is 9.90 Å². The molecule has 0 aliphatic heterocycles. The van der Waals surface area contributed by atoms with Gasteiger partial charge < -0.3 is 10.4 Å². The van der Waals surface area contributed by atoms with E-state index in [-0.39, 0.29) is 23.8 Å². The molecule has 3 unspecified atom stereocenters. The van der Waals surface area contributed by atoms with Gasteiger partial charge in [0.15, 0.2) is 0 Å². The van der Waals surface area contributed by atoms with Gasteiger partial charge in [0.05, 0.1) is 6.10 Å². The van der Waals surface area contributed by atoms with E-state index < -0.39 is 0 Å². The lowest BCUT2D eigenvalue weighted by molar-refractivity contribution is -0.124. The molecule has 1 rings (SSSR count). The van der Waals surface area contributed by atoms with Crippen LogP contribution in [0.5, 0.6) is 0 Å². The minimum Gasteiger partial charge on any atom is -0.393 e. The Morgan fingerprint density at radius 2 is 1.90 bits per heavy atom. The maximum Gasteiger partial charge on any atom is 0.222 e. The second-order valence-corrected chi connectivity index (χ2v) is 5.63. The summed E-state index contributed by atoms with van der Waals surface area (Å²) in [6.45, 7) is 6.42. The predicted octanol–water partition coefficient (Wildman–Crippen LogP) is 3.09. The van der Waals surface area contributed by atoms with Crippen LogP contribution < -0.4 is 5.32 Å². The fourth-order valence-electron chi connectivity index (χ4n) is 2.44. The highest BCUT2D eigenvalue weighted by atomic mass is 16.3. The van der Waals surface area contributed by atoms with Gasteiger partial charge in [0, 0.05) is 18.4 Å². The van der Waals surface area contributed by atoms with Crippen molar-refractivity contribution in [3.05, 3.63) is 35.9 Å². The SMILES string of the molecule is CCCC(C)C(=O)NCC(CC(C)O)c1ccccc1. The first-order valence-corrected chi connectivity index (χ1v) is 7.55. The first-order chi connectivity index (χ1) is 9.54. The van der Waals surface area contributed by atoms with Gasteiger partial charge in [0.2, 0.25) is 5.91 Å². The number of aliphatic hydroxyl groups excluding tert-OH is 1. The van der Waals surface area contributed by atoms with Crippen LogP contribution in [0.1, 0.15) is 51.5 Å². The number of benzene rings is 1. The summed E-state index contributed by atoms with van der Waals surface area (Å²) >= 11 is 0. The van der Waals surface area contributed by atoms with E-state index in [1.54, 1.807) is 6.92 Å². The fraction of sp³-hybridized carbons (Fsp3) is 0.588. The molecule has 0 heterocycles. The predicted molar refractivity (Wildman–Crippen MR) is 82.6 cm³/mol. The van der Waals surface area contributed by atoms with Gasteiger partial charge >= 0.3 is 0 Å². The van der Waals surface area contributed by atoms with Crippen LogP contribution >= 0.6 is 0 Å². The Morgan fingerprint density at radius 1 is 1.25 bits per heavy atom. The minimum atomic E-state index is -0.370. The third-order valence-corrected chi connectivity index (χ3v) is 3.59. The fourth-order valence-corrected chi connectivity index (χ4v) is 2.44. The van der Waals surface area contributed by atoms with Crippen LogP contribution in [0.3, 0.4) is 0 Å². The molecule has 1 aromatic rings. The lowest BCUT2D eigenvalue weighted by Crippen LogP contribution is -2.33. The molecule has 3 heteroatoms. The smallest absolute Gasteiger partial charge is 0.222 e. The molecule has 0 fully saturated rings. The first-order valence-electron chi connectivity index (χ1n) is 7.55. The van der Waals surface area contributed by atoms with Gasteiger partial charge in [0.25, 0.3) is 0 Å². The zero-order valence-corrected chi connectivity index (χ0v) is 12.8. The number of amides is 1. The Morgan fingerprint density at radius 3 is 2.45 bits per heavy atom. The van der Waals surface area contributed by atoms with Crippen LogP contribution in [-0.2, 0) is 4.79 Å². The van der Waals surface area contributed by atoms with Gasteiger partial charge in [-0.25, -0.2) is 0 Å². The molecule has 0 saturated carbocycles. The molecule has 0 aliphatic rings. The third-order valence-electron chi connectivity index (χ3n) is 3.59. The van der Waals surface area contributed by atoms with Crippen LogP contribution in [0.2, 0.25) is 0 Å². The van der Waals surface area contributed by atoms with Crippen molar-refractivity contribution in [3.63, 3.8) is 0 Å². The Bertz CT molecular complexity index is 389. The summed E-state index contributed by atoms with van der Waals surface area (Å²) in [6, 6.07) is 10.1. The maximum atomic E-state index is 12.0. The molecular formula is C17H27NO2. The van der Waals surface area contributed by atoms with Crippen molar-refractivity contribution in [1.82, 2.24) is 5.32 Å². The maximum absolute atomic E-state index is 12.0. The molecule has 0 saturated heterocycles. The van der Waals surface area contributed by atoms with E-state index in [4.69, 9.17) is 0 Å². The third kappa shape index (κ3) is 5.74. The Kier molecular flexibility index (Phi) is 7.31. The topological polar surface area (TPSA) is 49.3 Å². The lowest BCUT2D eigenvalue weighted by atomic mass is 9.93. The lowest BCUT2D eigenvalue weighted by Gasteiger charge is -2.21. The highest BCUT2D eigenvalue weighted by molar-refractivity contribution is 5.78. The molecule has 3 nitrogen and oxygen atoms in total. The molecule has 0 spiro atoms. The zero-order valence-electron chi connectivity index (χ0n) is 12.8. The van der Waals surface area contributed by atoms with Gasteiger partial charge in [-0.15, -0.1) is 0 Å². The van der Waals surface area contributed by atoms with E-state index in [2.05, 4.69) is 24.4 Å². The molecule has 0 aromatic heterocycles. The number of nitrogens with one attached hydrogen (secondary N) is 1. The van der Waals surface area contributed by atoms with E-state index in [0.29, 0.717) is 13.0 Å². The van der Waals surface area contributed by atoms with Crippen molar-refractivity contribution in [1.29, 1.82) is 0 Å². The highest BCUT2D eigenvalue weighted by Crippen LogP contribution is 2.20. The summed E-state index contributed by atoms with van der Waals surface area (Å²) in [4.78, 5) is 12.0. The van der Waals surface area contributed by atoms with Crippen LogP contribution in [0, 0.1) is 5.92 Å². The van der Waals surface area contributed by atoms with Gasteiger partial charge in [-0.05, 0) is 25.3 Å². The summed E-state index contributed by atoms with van der Waals surface area (Å²) < 4.78 is 0. The largest absolute Gasteiger partial charge is 0.393 e. The van der Waals surface area contributed by atoms with Crippen molar-refractivity contribution in [2.75, 3.05) is 6.54 Å². The number of rotatable bonds is 8. The molecule has 0 aliphatic carbocycles. The molecular weight excluding hydrogens is 250 g/mol. The van der Waals surface area contributed by atoms with Crippen LogP contribution in [-0.4, -0.2) is 23.7 Å². The van der Waals surface area contributed by atoms with E-state index in [9.17, 15) is 9.90 Å². The van der Waals surface area contributed by atoms with Gasteiger partial charge in [-0.1, -0.05) is 50.6 Å². The summed E-state index contributed by atoms with van der Waals surface area (Å²) in [6.07, 6.45) is 2.22. The zero-order chi connectivity index (χ0) is 15.0. The quantitative estimate of drug-likeness (QED) is 0.767. The average Bonchev–Trinajstić information content (AvgIpc) is 2.44. The molecule has 3 atom stereocenters. The normalized spacial score (nSPS) is 15.4. The molecule has 20 heavy (non-hydrogen) atoms. The number of carbonyl (C=O) groups excluding carboxylic acids is 1. The van der Waals surface area contributed by atoms with Gasteiger partial charge in [-0.3, -0.25) is 4.79 Å². The summed E-state index contributed by atoms with van der Waals surface area (Å²) in [5.41, 5.74) is 1.16. The average molecular weight is 277 g/mol. The minimum absolute atomic E-state index is 0.0583. The molecule has 1 amide bonds. The number of hydrogen-bond donors (Lipinski definition) is 2. The van der Waals surface area contributed by atoms with Crippen molar-refractivity contribution >= 4 is 5.91 Å². The van der Waals surface area contributed by atoms with Crippen LogP contribution in [0.4, 0.5) is 0 Å². The van der Waals surface area contributed by atoms with Crippen molar-refractivity contribution in [3.8, 4) is 0 Å². The van der Waals surface area contributed by atoms with Crippen molar-refractivity contribution in [2.45, 2.75) is 52.1 Å². The van der Waals surface area contributed by atoms with E-state index >= 15 is 0 Å². The molecule has 1 aromatic carbocycles. The molecule has 2 N–H and O–H groups in total. The molecule has 0 radical (unpaired) electrons. The van der Waals surface area contributed by atoms with E-state index in [1.807, 2.05) is 25.1 Å². The molecule has 0 bridgehead atoms. The Balaban J connectivity index is 2.60. The number of aliphatic hydroxyl groups is 1. The van der Waals surface area contributed by atoms with Gasteiger partial charge in [0.1, 0.15) is 0 Å². The van der Waals surface area contributed by atoms with Crippen LogP contribution in [0.15, 0.2) is 30.3 Å². The summed E-state index contributed by atoms with van der Waals surface area (Å²) in [5.74, 6) is 0.329. The Labute approximate surface area is 122 Å². The number of carbonyl (C=O) groups is 1. The standard InChI is InChI=1S/C17H27NO2/c1-4-8-13(2)17(20)18-12-16(11-14(3)19)15-9-6-5-7-10-15/h5-7,9-10,13-14,16,19H,4,8,11-12H2,1-3H3,(H,18,20). The second kappa shape index (κ2) is 8.75. The van der Waals surface area contributed by atoms with Gasteiger partial charge in [-0.2, -0.15) is 0 Å². The second-order valence-electron chi connectivity index (χ2n) is 5.63. The Hall–Kier alpha value is -1.35. The van der Waals surface area contributed by atoms with E-state index in [1.165, 1.54) is 0 Å². The van der Waals surface area contributed by atoms with E-state index in [0.717, 1.165) is 18.4 Å². The summed E-state index contributed by atoms with van der Waals surface area (Å²) in [7, 11) is 0. The molecule has 112 valence electrons. The van der Waals surface area contributed by atoms with Crippen LogP contribution in [0.25, 0.3) is 0 Å². The first kappa shape index (κ1) is 16.7.